The van der Waals surface area contributed by atoms with Gasteiger partial charge in [0.05, 0.1) is 10.2 Å². The molecule has 4 aromatic rings. The fraction of sp³-hybridized carbons (Fsp3) is 0.250. The molecule has 4 nitrogen and oxygen atoms in total. The minimum absolute atomic E-state index is 0.122. The highest BCUT2D eigenvalue weighted by atomic mass is 32.1. The zero-order valence-electron chi connectivity index (χ0n) is 16.7. The lowest BCUT2D eigenvalue weighted by Crippen LogP contribution is -2.48. The molecule has 5 heteroatoms. The monoisotopic (exact) mass is 401 g/mol. The Morgan fingerprint density at radius 2 is 1.72 bits per heavy atom. The van der Waals surface area contributed by atoms with Gasteiger partial charge in [0.25, 0.3) is 5.91 Å². The van der Waals surface area contributed by atoms with E-state index in [1.165, 1.54) is 15.8 Å². The van der Waals surface area contributed by atoms with E-state index >= 15 is 0 Å². The number of fused-ring (bicyclic) bond motifs is 2. The Bertz CT molecular complexity index is 1220. The predicted octanol–water partition coefficient (Wildman–Crippen LogP) is 5.03. The van der Waals surface area contributed by atoms with Crippen LogP contribution in [0, 0.1) is 13.8 Å². The summed E-state index contributed by atoms with van der Waals surface area (Å²) in [6.07, 6.45) is 0. The molecule has 0 N–H and O–H groups in total. The summed E-state index contributed by atoms with van der Waals surface area (Å²) in [5.41, 5.74) is 4.41. The summed E-state index contributed by atoms with van der Waals surface area (Å²) in [6, 6.07) is 18.4. The summed E-state index contributed by atoms with van der Waals surface area (Å²) >= 11 is 1.76. The number of aromatic nitrogens is 1. The molecule has 1 fully saturated rings. The Hall–Kier alpha value is -2.92. The largest absolute Gasteiger partial charge is 0.345 e. The Labute approximate surface area is 174 Å². The van der Waals surface area contributed by atoms with Crippen LogP contribution in [-0.2, 0) is 0 Å². The number of aryl methyl sites for hydroxylation is 2. The highest BCUT2D eigenvalue weighted by Gasteiger charge is 2.25. The minimum Gasteiger partial charge on any atom is -0.345 e. The molecule has 1 aliphatic rings. The maximum Gasteiger partial charge on any atom is 0.254 e. The number of thiazole rings is 1. The topological polar surface area (TPSA) is 36.4 Å². The molecule has 0 radical (unpaired) electrons. The van der Waals surface area contributed by atoms with Gasteiger partial charge in [0.2, 0.25) is 0 Å². The quantitative estimate of drug-likeness (QED) is 0.473. The Kier molecular flexibility index (Phi) is 4.47. The number of rotatable bonds is 2. The van der Waals surface area contributed by atoms with Crippen LogP contribution in [0.5, 0.6) is 0 Å². The van der Waals surface area contributed by atoms with Crippen LogP contribution in [0.2, 0.25) is 0 Å². The second-order valence-electron chi connectivity index (χ2n) is 7.73. The number of hydrogen-bond donors (Lipinski definition) is 0. The van der Waals surface area contributed by atoms with Crippen molar-refractivity contribution in [2.24, 2.45) is 0 Å². The molecule has 29 heavy (non-hydrogen) atoms. The van der Waals surface area contributed by atoms with E-state index in [-0.39, 0.29) is 5.91 Å². The van der Waals surface area contributed by atoms with Crippen LogP contribution < -0.4 is 4.90 Å². The van der Waals surface area contributed by atoms with Crippen LogP contribution in [-0.4, -0.2) is 42.0 Å². The van der Waals surface area contributed by atoms with E-state index in [0.29, 0.717) is 0 Å². The number of benzene rings is 3. The zero-order valence-corrected chi connectivity index (χ0v) is 17.5. The molecule has 2 heterocycles. The first kappa shape index (κ1) is 18.1. The Morgan fingerprint density at radius 3 is 2.55 bits per heavy atom. The summed E-state index contributed by atoms with van der Waals surface area (Å²) in [4.78, 5) is 22.3. The van der Waals surface area contributed by atoms with Crippen molar-refractivity contribution < 1.29 is 4.79 Å². The number of amides is 1. The molecule has 1 aliphatic heterocycles. The molecule has 5 rings (SSSR count). The Morgan fingerprint density at radius 1 is 0.966 bits per heavy atom. The van der Waals surface area contributed by atoms with Gasteiger partial charge in [-0.15, -0.1) is 0 Å². The summed E-state index contributed by atoms with van der Waals surface area (Å²) in [6.45, 7) is 7.33. The number of carbonyl (C=O) groups excluding carboxylic acids is 1. The predicted molar refractivity (Wildman–Crippen MR) is 121 cm³/mol. The average Bonchev–Trinajstić information content (AvgIpc) is 3.17. The van der Waals surface area contributed by atoms with Gasteiger partial charge in [0.1, 0.15) is 0 Å². The van der Waals surface area contributed by atoms with Gasteiger partial charge in [-0.25, -0.2) is 4.98 Å². The first-order valence-corrected chi connectivity index (χ1v) is 10.8. The van der Waals surface area contributed by atoms with Gasteiger partial charge in [-0.2, -0.15) is 0 Å². The van der Waals surface area contributed by atoms with Crippen molar-refractivity contribution in [1.29, 1.82) is 0 Å². The molecule has 1 aromatic heterocycles. The normalized spacial score (nSPS) is 14.7. The van der Waals surface area contributed by atoms with E-state index in [9.17, 15) is 4.79 Å². The van der Waals surface area contributed by atoms with Crippen LogP contribution >= 0.6 is 11.3 Å². The summed E-state index contributed by atoms with van der Waals surface area (Å²) in [5.74, 6) is 0.122. The lowest BCUT2D eigenvalue weighted by atomic mass is 10.0. The van der Waals surface area contributed by atoms with Crippen LogP contribution in [0.25, 0.3) is 21.0 Å². The second kappa shape index (κ2) is 7.16. The van der Waals surface area contributed by atoms with E-state index in [4.69, 9.17) is 4.98 Å². The van der Waals surface area contributed by atoms with Gasteiger partial charge in [0.15, 0.2) is 5.13 Å². The third kappa shape index (κ3) is 3.25. The van der Waals surface area contributed by atoms with Crippen LogP contribution in [0.3, 0.4) is 0 Å². The van der Waals surface area contributed by atoms with E-state index < -0.39 is 0 Å². The van der Waals surface area contributed by atoms with Crippen molar-refractivity contribution in [3.8, 4) is 0 Å². The standard InChI is InChI=1S/C24H23N3OS/c1-16-14-17(2)22-21(15-16)25-24(29-22)27-12-10-26(11-13-27)23(28)20-9-5-7-18-6-3-4-8-19(18)20/h3-9,14-15H,10-13H2,1-2H3. The number of nitrogens with zero attached hydrogens (tertiary/aromatic N) is 3. The molecule has 1 saturated heterocycles. The summed E-state index contributed by atoms with van der Waals surface area (Å²) in [7, 11) is 0. The van der Waals surface area contributed by atoms with E-state index in [0.717, 1.165) is 53.2 Å². The maximum absolute atomic E-state index is 13.2. The fourth-order valence-electron chi connectivity index (χ4n) is 4.18. The number of hydrogen-bond acceptors (Lipinski definition) is 4. The smallest absolute Gasteiger partial charge is 0.254 e. The SMILES string of the molecule is Cc1cc(C)c2sc(N3CCN(C(=O)c4cccc5ccccc45)CC3)nc2c1. The fourth-order valence-corrected chi connectivity index (χ4v) is 5.25. The highest BCUT2D eigenvalue weighted by molar-refractivity contribution is 7.22. The van der Waals surface area contributed by atoms with Gasteiger partial charge in [0, 0.05) is 31.7 Å². The molecular weight excluding hydrogens is 378 g/mol. The average molecular weight is 402 g/mol. The molecule has 0 bridgehead atoms. The number of piperazine rings is 1. The lowest BCUT2D eigenvalue weighted by molar-refractivity contribution is 0.0749. The third-order valence-electron chi connectivity index (χ3n) is 5.67. The maximum atomic E-state index is 13.2. The molecule has 0 aliphatic carbocycles. The van der Waals surface area contributed by atoms with Crippen LogP contribution in [0.1, 0.15) is 21.5 Å². The van der Waals surface area contributed by atoms with Crippen LogP contribution in [0.15, 0.2) is 54.6 Å². The third-order valence-corrected chi connectivity index (χ3v) is 6.93. The zero-order chi connectivity index (χ0) is 20.0. The van der Waals surface area contributed by atoms with Crippen LogP contribution in [0.4, 0.5) is 5.13 Å². The van der Waals surface area contributed by atoms with Crippen molar-refractivity contribution in [1.82, 2.24) is 9.88 Å². The van der Waals surface area contributed by atoms with Crippen molar-refractivity contribution in [3.05, 3.63) is 71.3 Å². The second-order valence-corrected chi connectivity index (χ2v) is 8.71. The van der Waals surface area contributed by atoms with Gasteiger partial charge in [-0.1, -0.05) is 53.8 Å². The molecule has 1 amide bonds. The van der Waals surface area contributed by atoms with E-state index in [1.54, 1.807) is 11.3 Å². The summed E-state index contributed by atoms with van der Waals surface area (Å²) in [5, 5.41) is 3.20. The van der Waals surface area contributed by atoms with Crippen molar-refractivity contribution in [2.45, 2.75) is 13.8 Å². The molecule has 0 spiro atoms. The number of carbonyl (C=O) groups is 1. The van der Waals surface area contributed by atoms with Crippen molar-refractivity contribution in [3.63, 3.8) is 0 Å². The lowest BCUT2D eigenvalue weighted by Gasteiger charge is -2.34. The van der Waals surface area contributed by atoms with E-state index in [1.807, 2.05) is 35.2 Å². The Balaban J connectivity index is 1.35. The molecule has 3 aromatic carbocycles. The minimum atomic E-state index is 0.122. The van der Waals surface area contributed by atoms with E-state index in [2.05, 4.69) is 43.0 Å². The van der Waals surface area contributed by atoms with Gasteiger partial charge >= 0.3 is 0 Å². The molecular formula is C24H23N3OS. The molecule has 0 unspecified atom stereocenters. The molecule has 0 saturated carbocycles. The first-order valence-electron chi connectivity index (χ1n) is 10.00. The van der Waals surface area contributed by atoms with Crippen molar-refractivity contribution in [2.75, 3.05) is 31.1 Å². The molecule has 0 atom stereocenters. The summed E-state index contributed by atoms with van der Waals surface area (Å²) < 4.78 is 1.26. The van der Waals surface area contributed by atoms with Gasteiger partial charge < -0.3 is 9.80 Å². The number of anilines is 1. The van der Waals surface area contributed by atoms with Gasteiger partial charge in [-0.3, -0.25) is 4.79 Å². The van der Waals surface area contributed by atoms with Gasteiger partial charge in [-0.05, 0) is 47.9 Å². The highest BCUT2D eigenvalue weighted by Crippen LogP contribution is 2.32. The first-order chi connectivity index (χ1) is 14.1. The molecule has 146 valence electrons. The van der Waals surface area contributed by atoms with Crippen molar-refractivity contribution >= 4 is 43.4 Å².